The number of carbonyl (C=O) groups is 1. The van der Waals surface area contributed by atoms with E-state index in [9.17, 15) is 18.0 Å². The lowest BCUT2D eigenvalue weighted by Gasteiger charge is -2.12. The molecule has 5 nitrogen and oxygen atoms in total. The zero-order chi connectivity index (χ0) is 26.0. The number of ether oxygens (including phenoxy) is 1. The summed E-state index contributed by atoms with van der Waals surface area (Å²) in [5.41, 5.74) is 0.775. The van der Waals surface area contributed by atoms with Crippen molar-refractivity contribution in [2.75, 3.05) is 0 Å². The first-order valence-corrected chi connectivity index (χ1v) is 11.3. The van der Waals surface area contributed by atoms with Crippen LogP contribution >= 0.6 is 34.8 Å². The third-order valence-corrected chi connectivity index (χ3v) is 6.04. The van der Waals surface area contributed by atoms with Gasteiger partial charge in [0.1, 0.15) is 23.6 Å². The molecule has 0 aliphatic heterocycles. The van der Waals surface area contributed by atoms with Crippen molar-refractivity contribution in [2.24, 2.45) is 0 Å². The second kappa shape index (κ2) is 10.2. The minimum absolute atomic E-state index is 0.0961. The van der Waals surface area contributed by atoms with Crippen LogP contribution in [0.2, 0.25) is 15.1 Å². The Morgan fingerprint density at radius 2 is 1.58 bits per heavy atom. The van der Waals surface area contributed by atoms with Gasteiger partial charge in [-0.25, -0.2) is 4.68 Å². The van der Waals surface area contributed by atoms with Crippen LogP contribution in [-0.4, -0.2) is 15.7 Å². The Labute approximate surface area is 218 Å². The molecule has 182 valence electrons. The zero-order valence-corrected chi connectivity index (χ0v) is 20.3. The predicted octanol–water partition coefficient (Wildman–Crippen LogP) is 8.20. The number of alkyl halides is 3. The summed E-state index contributed by atoms with van der Waals surface area (Å²) in [5, 5.41) is 4.13. The van der Waals surface area contributed by atoms with Crippen molar-refractivity contribution >= 4 is 40.7 Å². The Morgan fingerprint density at radius 1 is 0.944 bits per heavy atom. The van der Waals surface area contributed by atoms with Crippen molar-refractivity contribution in [3.8, 4) is 29.1 Å². The van der Waals surface area contributed by atoms with Gasteiger partial charge in [-0.05, 0) is 53.6 Å². The van der Waals surface area contributed by atoms with Crippen LogP contribution in [0.3, 0.4) is 0 Å². The summed E-state index contributed by atoms with van der Waals surface area (Å²) in [5.74, 6) is -0.244. The smallest absolute Gasteiger partial charge is 0.487 e. The van der Waals surface area contributed by atoms with Crippen LogP contribution in [0.4, 0.5) is 13.2 Å². The summed E-state index contributed by atoms with van der Waals surface area (Å²) in [6.45, 7) is 4.78. The number of amides is 1. The van der Waals surface area contributed by atoms with Gasteiger partial charge in [-0.3, -0.25) is 0 Å². The molecule has 1 heterocycles. The number of aromatic nitrogens is 2. The van der Waals surface area contributed by atoms with E-state index >= 15 is 0 Å². The van der Waals surface area contributed by atoms with E-state index in [1.54, 1.807) is 42.5 Å². The monoisotopic (exact) mass is 550 g/mol. The topological polar surface area (TPSA) is 48.5 Å². The van der Waals surface area contributed by atoms with Gasteiger partial charge in [0.2, 0.25) is 0 Å². The van der Waals surface area contributed by atoms with Gasteiger partial charge in [-0.1, -0.05) is 59.1 Å². The highest BCUT2D eigenvalue weighted by Gasteiger charge is 2.35. The molecule has 0 unspecified atom stereocenters. The molecular weight excluding hydrogens is 538 g/mol. The summed E-state index contributed by atoms with van der Waals surface area (Å²) in [7, 11) is 0. The fraction of sp³-hybridized carbons (Fsp3) is 0.0800. The molecule has 11 heteroatoms. The lowest BCUT2D eigenvalue weighted by atomic mass is 10.0. The highest BCUT2D eigenvalue weighted by molar-refractivity contribution is 6.37. The largest absolute Gasteiger partial charge is 0.548 e. The number of para-hydroxylation sites is 1. The molecule has 36 heavy (non-hydrogen) atoms. The number of nitrogens with zero attached hydrogens (tertiary/aromatic N) is 3. The quantitative estimate of drug-likeness (QED) is 0.243. The summed E-state index contributed by atoms with van der Waals surface area (Å²) < 4.78 is 46.8. The number of hydrogen-bond donors (Lipinski definition) is 0. The fourth-order valence-corrected chi connectivity index (χ4v) is 4.20. The average Bonchev–Trinajstić information content (AvgIpc) is 3.27. The molecule has 0 fully saturated rings. The van der Waals surface area contributed by atoms with Gasteiger partial charge in [0, 0.05) is 4.85 Å². The van der Waals surface area contributed by atoms with Gasteiger partial charge in [-0.15, -0.1) is 0 Å². The van der Waals surface area contributed by atoms with Crippen molar-refractivity contribution in [3.63, 3.8) is 0 Å². The molecule has 4 rings (SSSR count). The molecule has 0 aliphatic carbocycles. The Bertz CT molecular complexity index is 1470. The summed E-state index contributed by atoms with van der Waals surface area (Å²) >= 11 is 18.5. The fourth-order valence-electron chi connectivity index (χ4n) is 3.38. The Morgan fingerprint density at radius 3 is 2.17 bits per heavy atom. The van der Waals surface area contributed by atoms with Crippen LogP contribution in [0.25, 0.3) is 21.7 Å². The van der Waals surface area contributed by atoms with Gasteiger partial charge in [0.15, 0.2) is 5.69 Å². The number of rotatable bonds is 6. The molecule has 0 spiro atoms. The van der Waals surface area contributed by atoms with Crippen LogP contribution in [0.1, 0.15) is 21.7 Å². The Hall–Kier alpha value is -3.51. The van der Waals surface area contributed by atoms with Crippen LogP contribution in [0.15, 0.2) is 66.7 Å². The lowest BCUT2D eigenvalue weighted by Crippen LogP contribution is -2.09. The maximum atomic E-state index is 13.4. The first-order valence-electron chi connectivity index (χ1n) is 10.2. The van der Waals surface area contributed by atoms with Crippen molar-refractivity contribution in [2.45, 2.75) is 12.8 Å². The Kier molecular flexibility index (Phi) is 7.27. The van der Waals surface area contributed by atoms with E-state index in [2.05, 4.69) is 9.94 Å². The maximum Gasteiger partial charge on any atom is 0.548 e. The lowest BCUT2D eigenvalue weighted by molar-refractivity contribution is -0.141. The molecule has 1 amide bonds. The van der Waals surface area contributed by atoms with Crippen molar-refractivity contribution in [3.05, 3.63) is 104 Å². The van der Waals surface area contributed by atoms with Crippen LogP contribution in [-0.2, 0) is 12.8 Å². The van der Waals surface area contributed by atoms with Crippen LogP contribution in [0.5, 0.6) is 5.75 Å². The normalized spacial score (nSPS) is 11.2. The molecule has 0 N–H and O–H groups in total. The van der Waals surface area contributed by atoms with Crippen LogP contribution in [0, 0.1) is 6.57 Å². The van der Waals surface area contributed by atoms with Crippen molar-refractivity contribution in [1.82, 2.24) is 9.78 Å². The van der Waals surface area contributed by atoms with E-state index in [4.69, 9.17) is 46.1 Å². The van der Waals surface area contributed by atoms with Gasteiger partial charge in [-0.2, -0.15) is 23.1 Å². The second-order valence-electron chi connectivity index (χ2n) is 7.44. The third-order valence-electron chi connectivity index (χ3n) is 5.11. The molecule has 0 radical (unpaired) electrons. The van der Waals surface area contributed by atoms with Crippen molar-refractivity contribution < 1.29 is 22.7 Å². The van der Waals surface area contributed by atoms with E-state index in [0.29, 0.717) is 5.75 Å². The molecular formula is C25H14Cl3F3N3O2+. The molecule has 1 aromatic heterocycles. The highest BCUT2D eigenvalue weighted by atomic mass is 35.5. The first-order chi connectivity index (χ1) is 17.1. The molecule has 0 aliphatic rings. The number of hydrogen-bond acceptors (Lipinski definition) is 3. The van der Waals surface area contributed by atoms with Gasteiger partial charge < -0.3 is 4.74 Å². The minimum Gasteiger partial charge on any atom is -0.487 e. The van der Waals surface area contributed by atoms with Crippen molar-refractivity contribution in [1.29, 1.82) is 0 Å². The average molecular weight is 552 g/mol. The van der Waals surface area contributed by atoms with E-state index in [1.165, 1.54) is 18.2 Å². The summed E-state index contributed by atoms with van der Waals surface area (Å²) in [6.07, 6.45) is -4.67. The molecule has 4 aromatic rings. The first kappa shape index (κ1) is 25.6. The summed E-state index contributed by atoms with van der Waals surface area (Å²) in [4.78, 5) is 14.8. The van der Waals surface area contributed by atoms with E-state index in [0.717, 1.165) is 21.9 Å². The van der Waals surface area contributed by atoms with Crippen LogP contribution < -0.4 is 4.74 Å². The third kappa shape index (κ3) is 5.34. The SMILES string of the molecule is C#[N+]C(=O)c1ccc(-c2ccc(OCc3cc(C(F)(F)F)nn3-c3c(Cl)cccc3Cl)cc2)cc1Cl. The standard InChI is InChI=1S/C25H14Cl3F3N3O2/c1-32-24(35)18-10-7-15(11-21(18)28)14-5-8-17(9-6-14)36-13-16-12-22(25(29,30)31)33-34(16)23-19(26)3-2-4-20(23)27/h1-12H,13H2/q+1. The predicted molar refractivity (Wildman–Crippen MR) is 132 cm³/mol. The minimum atomic E-state index is -4.67. The summed E-state index contributed by atoms with van der Waals surface area (Å²) in [6, 6.07) is 17.0. The van der Waals surface area contributed by atoms with Gasteiger partial charge >= 0.3 is 12.1 Å². The molecule has 0 atom stereocenters. The molecule has 0 saturated carbocycles. The molecule has 0 saturated heterocycles. The van der Waals surface area contributed by atoms with E-state index < -0.39 is 17.8 Å². The highest BCUT2D eigenvalue weighted by Crippen LogP contribution is 2.34. The maximum absolute atomic E-state index is 13.4. The zero-order valence-electron chi connectivity index (χ0n) is 18.1. The van der Waals surface area contributed by atoms with Gasteiger partial charge in [0.25, 0.3) is 6.57 Å². The Balaban J connectivity index is 1.58. The second-order valence-corrected chi connectivity index (χ2v) is 8.66. The van der Waals surface area contributed by atoms with E-state index in [1.807, 2.05) is 0 Å². The molecule has 0 bridgehead atoms. The number of carbonyl (C=O) groups excluding carboxylic acids is 1. The number of benzene rings is 3. The number of halogens is 6. The van der Waals surface area contributed by atoms with Gasteiger partial charge in [0.05, 0.1) is 20.8 Å². The molecule has 3 aromatic carbocycles. The van der Waals surface area contributed by atoms with E-state index in [-0.39, 0.29) is 38.6 Å².